The summed E-state index contributed by atoms with van der Waals surface area (Å²) < 4.78 is 0. The van der Waals surface area contributed by atoms with Crippen LogP contribution in [0.15, 0.2) is 24.3 Å². The summed E-state index contributed by atoms with van der Waals surface area (Å²) in [5.41, 5.74) is 2.90. The number of nitrogens with zero attached hydrogens (tertiary/aromatic N) is 1. The molecule has 2 fully saturated rings. The molecule has 0 spiro atoms. The second-order valence-electron chi connectivity index (χ2n) is 6.58. The van der Waals surface area contributed by atoms with Gasteiger partial charge in [0.1, 0.15) is 0 Å². The molecule has 1 aliphatic heterocycles. The number of rotatable bonds is 6. The summed E-state index contributed by atoms with van der Waals surface area (Å²) in [6.07, 6.45) is 5.63. The van der Waals surface area contributed by atoms with E-state index in [9.17, 15) is 0 Å². The number of nitrogens with one attached hydrogen (secondary N) is 1. The van der Waals surface area contributed by atoms with Crippen molar-refractivity contribution >= 4 is 0 Å². The average molecular weight is 272 g/mol. The van der Waals surface area contributed by atoms with Crippen LogP contribution >= 0.6 is 0 Å². The van der Waals surface area contributed by atoms with Crippen LogP contribution in [0.1, 0.15) is 49.8 Å². The van der Waals surface area contributed by atoms with E-state index in [1.54, 1.807) is 0 Å². The fraction of sp³-hybridized carbons (Fsp3) is 0.667. The monoisotopic (exact) mass is 272 g/mol. The average Bonchev–Trinajstić information content (AvgIpc) is 3.07. The highest BCUT2D eigenvalue weighted by atomic mass is 15.2. The van der Waals surface area contributed by atoms with Crippen molar-refractivity contribution in [1.82, 2.24) is 10.2 Å². The number of likely N-dealkylation sites (tertiary alicyclic amines) is 1. The van der Waals surface area contributed by atoms with Gasteiger partial charge in [-0.25, -0.2) is 0 Å². The summed E-state index contributed by atoms with van der Waals surface area (Å²) in [5.74, 6) is 1.01. The molecule has 2 bridgehead atoms. The molecule has 0 amide bonds. The first kappa shape index (κ1) is 14.1. The molecule has 2 heteroatoms. The van der Waals surface area contributed by atoms with E-state index in [-0.39, 0.29) is 0 Å². The maximum atomic E-state index is 3.68. The van der Waals surface area contributed by atoms with Crippen LogP contribution in [0.3, 0.4) is 0 Å². The van der Waals surface area contributed by atoms with Gasteiger partial charge in [-0.3, -0.25) is 0 Å². The lowest BCUT2D eigenvalue weighted by Gasteiger charge is -2.29. The molecule has 1 saturated heterocycles. The van der Waals surface area contributed by atoms with Crippen molar-refractivity contribution in [2.45, 2.75) is 51.6 Å². The highest BCUT2D eigenvalue weighted by Crippen LogP contribution is 2.37. The zero-order valence-electron chi connectivity index (χ0n) is 12.9. The van der Waals surface area contributed by atoms with Gasteiger partial charge in [0.05, 0.1) is 0 Å². The van der Waals surface area contributed by atoms with E-state index in [0.717, 1.165) is 18.5 Å². The lowest BCUT2D eigenvalue weighted by Crippen LogP contribution is -2.35. The smallest absolute Gasteiger partial charge is 0.0334 e. The van der Waals surface area contributed by atoms with E-state index in [1.807, 2.05) is 0 Å². The quantitative estimate of drug-likeness (QED) is 0.852. The largest absolute Gasteiger partial charge is 0.310 e. The molecule has 3 rings (SSSR count). The van der Waals surface area contributed by atoms with Crippen LogP contribution in [0.25, 0.3) is 0 Å². The minimum absolute atomic E-state index is 0.514. The van der Waals surface area contributed by atoms with Crippen LogP contribution in [0.5, 0.6) is 0 Å². The maximum absolute atomic E-state index is 3.68. The number of benzene rings is 1. The molecule has 20 heavy (non-hydrogen) atoms. The molecule has 110 valence electrons. The van der Waals surface area contributed by atoms with Gasteiger partial charge < -0.3 is 10.2 Å². The van der Waals surface area contributed by atoms with Gasteiger partial charge in [-0.1, -0.05) is 31.2 Å². The summed E-state index contributed by atoms with van der Waals surface area (Å²) in [5, 5.41) is 3.68. The van der Waals surface area contributed by atoms with Gasteiger partial charge in [-0.2, -0.15) is 0 Å². The molecule has 1 aromatic carbocycles. The molecule has 0 aromatic heterocycles. The third-order valence-electron chi connectivity index (χ3n) is 5.24. The van der Waals surface area contributed by atoms with Gasteiger partial charge in [-0.05, 0) is 56.2 Å². The van der Waals surface area contributed by atoms with E-state index in [4.69, 9.17) is 0 Å². The Balaban J connectivity index is 1.61. The first-order chi connectivity index (χ1) is 9.78. The fourth-order valence-electron chi connectivity index (χ4n) is 4.19. The topological polar surface area (TPSA) is 15.3 Å². The molecule has 1 N–H and O–H groups in total. The van der Waals surface area contributed by atoms with E-state index < -0.39 is 0 Å². The summed E-state index contributed by atoms with van der Waals surface area (Å²) >= 11 is 0. The van der Waals surface area contributed by atoms with Gasteiger partial charge in [0.2, 0.25) is 0 Å². The van der Waals surface area contributed by atoms with Gasteiger partial charge in [0.25, 0.3) is 0 Å². The first-order valence-corrected chi connectivity index (χ1v) is 8.31. The number of aryl methyl sites for hydroxylation is 1. The Morgan fingerprint density at radius 1 is 1.30 bits per heavy atom. The maximum Gasteiger partial charge on any atom is 0.0334 e. The second-order valence-corrected chi connectivity index (χ2v) is 6.58. The zero-order valence-corrected chi connectivity index (χ0v) is 12.9. The van der Waals surface area contributed by atoms with Crippen LogP contribution in [0.2, 0.25) is 0 Å². The predicted octanol–water partition coefficient (Wildman–Crippen LogP) is 3.52. The molecular formula is C18H28N2. The van der Waals surface area contributed by atoms with Crippen molar-refractivity contribution in [1.29, 1.82) is 0 Å². The normalized spacial score (nSPS) is 27.1. The first-order valence-electron chi connectivity index (χ1n) is 8.31. The fourth-order valence-corrected chi connectivity index (χ4v) is 4.19. The molecule has 1 aromatic rings. The Hall–Kier alpha value is -0.860. The van der Waals surface area contributed by atoms with Crippen molar-refractivity contribution in [2.24, 2.45) is 5.92 Å². The van der Waals surface area contributed by atoms with Gasteiger partial charge in [-0.15, -0.1) is 0 Å². The molecule has 1 saturated carbocycles. The Morgan fingerprint density at radius 2 is 2.15 bits per heavy atom. The number of hydrogen-bond donors (Lipinski definition) is 1. The highest BCUT2D eigenvalue weighted by molar-refractivity contribution is 5.28. The molecule has 1 aliphatic carbocycles. The molecule has 3 unspecified atom stereocenters. The zero-order chi connectivity index (χ0) is 13.9. The summed E-state index contributed by atoms with van der Waals surface area (Å²) in [4.78, 5) is 2.75. The van der Waals surface area contributed by atoms with Crippen molar-refractivity contribution in [2.75, 3.05) is 19.6 Å². The van der Waals surface area contributed by atoms with Gasteiger partial charge in [0, 0.05) is 25.2 Å². The summed E-state index contributed by atoms with van der Waals surface area (Å²) in [7, 11) is 0. The Labute approximate surface area is 123 Å². The molecule has 2 nitrogen and oxygen atoms in total. The van der Waals surface area contributed by atoms with E-state index in [0.29, 0.717) is 6.04 Å². The van der Waals surface area contributed by atoms with Crippen molar-refractivity contribution in [3.05, 3.63) is 35.4 Å². The SMILES string of the molecule is CCNC(CCN1CC2CCC1C2)c1ccccc1C. The van der Waals surface area contributed by atoms with Gasteiger partial charge >= 0.3 is 0 Å². The lowest BCUT2D eigenvalue weighted by molar-refractivity contribution is 0.203. The Bertz CT molecular complexity index is 443. The third kappa shape index (κ3) is 2.91. The van der Waals surface area contributed by atoms with Crippen molar-refractivity contribution in [3.63, 3.8) is 0 Å². The number of hydrogen-bond acceptors (Lipinski definition) is 2. The third-order valence-corrected chi connectivity index (χ3v) is 5.24. The molecule has 2 aliphatic rings. The van der Waals surface area contributed by atoms with E-state index in [2.05, 4.69) is 48.3 Å². The number of fused-ring (bicyclic) bond motifs is 2. The molecular weight excluding hydrogens is 244 g/mol. The molecule has 3 atom stereocenters. The summed E-state index contributed by atoms with van der Waals surface area (Å²) in [6, 6.07) is 10.3. The summed E-state index contributed by atoms with van der Waals surface area (Å²) in [6.45, 7) is 8.11. The molecule has 1 heterocycles. The van der Waals surface area contributed by atoms with Crippen LogP contribution in [0.4, 0.5) is 0 Å². The minimum atomic E-state index is 0.514. The minimum Gasteiger partial charge on any atom is -0.310 e. The Kier molecular flexibility index (Phi) is 4.42. The predicted molar refractivity (Wildman–Crippen MR) is 84.9 cm³/mol. The Morgan fingerprint density at radius 3 is 2.80 bits per heavy atom. The van der Waals surface area contributed by atoms with E-state index in [1.165, 1.54) is 49.9 Å². The van der Waals surface area contributed by atoms with Crippen LogP contribution in [-0.4, -0.2) is 30.6 Å². The second kappa shape index (κ2) is 6.28. The number of piperidine rings is 1. The van der Waals surface area contributed by atoms with Crippen LogP contribution in [-0.2, 0) is 0 Å². The van der Waals surface area contributed by atoms with Crippen LogP contribution in [0, 0.1) is 12.8 Å². The van der Waals surface area contributed by atoms with E-state index >= 15 is 0 Å². The van der Waals surface area contributed by atoms with Crippen molar-refractivity contribution < 1.29 is 0 Å². The van der Waals surface area contributed by atoms with Gasteiger partial charge in [0.15, 0.2) is 0 Å². The highest BCUT2D eigenvalue weighted by Gasteiger charge is 2.37. The molecule has 0 radical (unpaired) electrons. The van der Waals surface area contributed by atoms with Crippen molar-refractivity contribution in [3.8, 4) is 0 Å². The standard InChI is InChI=1S/C18H28N2/c1-3-19-18(17-7-5-4-6-14(17)2)10-11-20-13-15-8-9-16(20)12-15/h4-7,15-16,18-19H,3,8-13H2,1-2H3. The van der Waals surface area contributed by atoms with Crippen LogP contribution < -0.4 is 5.32 Å². The lowest BCUT2D eigenvalue weighted by atomic mass is 9.98.